The number of nitrogens with one attached hydrogen (secondary N) is 1. The molecule has 172 valence electrons. The Labute approximate surface area is 179 Å². The number of carbonyl (C=O) groups excluding carboxylic acids is 1. The van der Waals surface area contributed by atoms with E-state index in [1.807, 2.05) is 0 Å². The highest BCUT2D eigenvalue weighted by molar-refractivity contribution is 5.93. The summed E-state index contributed by atoms with van der Waals surface area (Å²) in [5, 5.41) is 42.3. The number of rotatable bonds is 13. The first kappa shape index (κ1) is 24.6. The summed E-state index contributed by atoms with van der Waals surface area (Å²) in [6.45, 7) is -0.140. The number of benzene rings is 1. The lowest BCUT2D eigenvalue weighted by molar-refractivity contribution is -0.119. The third kappa shape index (κ3) is 6.64. The highest BCUT2D eigenvalue weighted by atomic mass is 16.6. The molecule has 0 saturated carbocycles. The molecule has 1 aromatic heterocycles. The van der Waals surface area contributed by atoms with E-state index in [-0.39, 0.29) is 30.2 Å². The minimum atomic E-state index is -1.64. The second-order valence-electron chi connectivity index (χ2n) is 6.72. The normalized spacial score (nSPS) is 15.0. The lowest BCUT2D eigenvalue weighted by atomic mass is 10.0. The van der Waals surface area contributed by atoms with Gasteiger partial charge in [0.15, 0.2) is 17.6 Å². The van der Waals surface area contributed by atoms with E-state index >= 15 is 0 Å². The molecular weight excluding hydrogens is 410 g/mol. The van der Waals surface area contributed by atoms with Gasteiger partial charge in [-0.1, -0.05) is 6.07 Å². The number of ether oxygens (including phenoxy) is 3. The summed E-state index contributed by atoms with van der Waals surface area (Å²) in [6.07, 6.45) is -1.16. The number of likely N-dealkylation sites (N-methyl/N-ethyl adjacent to an activating group) is 1. The first-order chi connectivity index (χ1) is 14.9. The Morgan fingerprint density at radius 3 is 2.65 bits per heavy atom. The molecule has 11 nitrogen and oxygen atoms in total. The zero-order valence-electron chi connectivity index (χ0n) is 17.4. The van der Waals surface area contributed by atoms with Crippen LogP contribution in [0.5, 0.6) is 11.5 Å². The Morgan fingerprint density at radius 1 is 1.26 bits per heavy atom. The molecule has 4 atom stereocenters. The van der Waals surface area contributed by atoms with Gasteiger partial charge in [-0.05, 0) is 19.2 Å². The average Bonchev–Trinajstić information content (AvgIpc) is 3.30. The van der Waals surface area contributed by atoms with E-state index in [1.165, 1.54) is 13.2 Å². The average molecular weight is 439 g/mol. The number of esters is 1. The zero-order valence-corrected chi connectivity index (χ0v) is 17.4. The highest BCUT2D eigenvalue weighted by Gasteiger charge is 2.36. The summed E-state index contributed by atoms with van der Waals surface area (Å²) in [5.74, 6) is -0.516. The molecule has 0 aliphatic rings. The predicted octanol–water partition coefficient (Wildman–Crippen LogP) is -1.21. The van der Waals surface area contributed by atoms with Crippen LogP contribution in [0.15, 0.2) is 36.9 Å². The monoisotopic (exact) mass is 439 g/mol. The van der Waals surface area contributed by atoms with Crippen molar-refractivity contribution in [1.82, 2.24) is 14.9 Å². The van der Waals surface area contributed by atoms with Crippen LogP contribution in [0.3, 0.4) is 0 Å². The summed E-state index contributed by atoms with van der Waals surface area (Å²) in [5.41, 5.74) is -0.00423. The summed E-state index contributed by atoms with van der Waals surface area (Å²) >= 11 is 0. The standard InChI is InChI=1S/C20H29N3O8/c1-21-10-14(25)17(27)19(15(26)11-24)31-20(28)13-4-3-5-16(29-2)18(13)30-9-8-23-7-6-22-12-23/h3-7,12,14-15,17,19,21,24-27H,8-11H2,1-2H3/t14-,15+,17+,19+/m0/s1. The van der Waals surface area contributed by atoms with Gasteiger partial charge in [0, 0.05) is 18.9 Å². The van der Waals surface area contributed by atoms with E-state index in [9.17, 15) is 25.2 Å². The third-order valence-electron chi connectivity index (χ3n) is 4.53. The Hall–Kier alpha value is -2.70. The summed E-state index contributed by atoms with van der Waals surface area (Å²) in [7, 11) is 2.98. The van der Waals surface area contributed by atoms with Crippen molar-refractivity contribution in [2.45, 2.75) is 31.0 Å². The van der Waals surface area contributed by atoms with E-state index in [2.05, 4.69) is 10.3 Å². The number of nitrogens with zero attached hydrogens (tertiary/aromatic N) is 2. The van der Waals surface area contributed by atoms with Gasteiger partial charge in [0.2, 0.25) is 0 Å². The second-order valence-corrected chi connectivity index (χ2v) is 6.72. The van der Waals surface area contributed by atoms with E-state index in [0.29, 0.717) is 6.54 Å². The molecule has 0 aliphatic heterocycles. The Balaban J connectivity index is 2.20. The van der Waals surface area contributed by atoms with Gasteiger partial charge in [-0.2, -0.15) is 0 Å². The van der Waals surface area contributed by atoms with Crippen molar-refractivity contribution in [3.05, 3.63) is 42.5 Å². The molecule has 0 saturated heterocycles. The molecule has 11 heteroatoms. The molecule has 1 aromatic carbocycles. The molecule has 2 aromatic rings. The van der Waals surface area contributed by atoms with E-state index < -0.39 is 37.0 Å². The molecule has 0 amide bonds. The quantitative estimate of drug-likeness (QED) is 0.240. The van der Waals surface area contributed by atoms with Crippen molar-refractivity contribution in [2.24, 2.45) is 0 Å². The third-order valence-corrected chi connectivity index (χ3v) is 4.53. The van der Waals surface area contributed by atoms with Crippen molar-refractivity contribution in [3.63, 3.8) is 0 Å². The molecule has 1 heterocycles. The SMILES string of the molecule is CNC[C@H](O)[C@@H](O)[C@H](OC(=O)c1cccc(OC)c1OCCn1ccnc1)[C@H](O)CO. The summed E-state index contributed by atoms with van der Waals surface area (Å²) < 4.78 is 18.1. The van der Waals surface area contributed by atoms with Gasteiger partial charge in [0.25, 0.3) is 0 Å². The number of aliphatic hydroxyl groups excluding tert-OH is 4. The Morgan fingerprint density at radius 2 is 2.03 bits per heavy atom. The molecule has 0 bridgehead atoms. The van der Waals surface area contributed by atoms with Gasteiger partial charge in [-0.15, -0.1) is 0 Å². The molecule has 0 fully saturated rings. The summed E-state index contributed by atoms with van der Waals surface area (Å²) in [4.78, 5) is 16.8. The van der Waals surface area contributed by atoms with Crippen LogP contribution in [0.1, 0.15) is 10.4 Å². The van der Waals surface area contributed by atoms with Gasteiger partial charge in [-0.25, -0.2) is 9.78 Å². The van der Waals surface area contributed by atoms with Gasteiger partial charge in [0.1, 0.15) is 24.4 Å². The first-order valence-corrected chi connectivity index (χ1v) is 9.69. The number of aliphatic hydroxyl groups is 4. The van der Waals surface area contributed by atoms with Gasteiger partial charge < -0.3 is 44.5 Å². The number of methoxy groups -OCH3 is 1. The zero-order chi connectivity index (χ0) is 22.8. The van der Waals surface area contributed by atoms with Crippen LogP contribution >= 0.6 is 0 Å². The van der Waals surface area contributed by atoms with Crippen molar-refractivity contribution in [2.75, 3.05) is 33.9 Å². The smallest absolute Gasteiger partial charge is 0.342 e. The molecular formula is C20H29N3O8. The predicted molar refractivity (Wildman–Crippen MR) is 109 cm³/mol. The van der Waals surface area contributed by atoms with E-state index in [0.717, 1.165) is 0 Å². The minimum absolute atomic E-state index is 0.00423. The lowest BCUT2D eigenvalue weighted by Crippen LogP contribution is -2.50. The van der Waals surface area contributed by atoms with Crippen molar-refractivity contribution >= 4 is 5.97 Å². The topological polar surface area (TPSA) is 156 Å². The van der Waals surface area contributed by atoms with Crippen molar-refractivity contribution in [3.8, 4) is 11.5 Å². The van der Waals surface area contributed by atoms with E-state index in [4.69, 9.17) is 14.2 Å². The van der Waals surface area contributed by atoms with Crippen LogP contribution in [0.25, 0.3) is 0 Å². The maximum Gasteiger partial charge on any atom is 0.342 e. The van der Waals surface area contributed by atoms with Gasteiger partial charge in [0.05, 0.1) is 32.7 Å². The van der Waals surface area contributed by atoms with Crippen LogP contribution in [0, 0.1) is 0 Å². The van der Waals surface area contributed by atoms with Gasteiger partial charge in [-0.3, -0.25) is 0 Å². The van der Waals surface area contributed by atoms with Crippen molar-refractivity contribution < 1.29 is 39.4 Å². The molecule has 31 heavy (non-hydrogen) atoms. The first-order valence-electron chi connectivity index (χ1n) is 9.69. The fourth-order valence-electron chi connectivity index (χ4n) is 2.87. The number of aromatic nitrogens is 2. The lowest BCUT2D eigenvalue weighted by Gasteiger charge is -2.29. The summed E-state index contributed by atoms with van der Waals surface area (Å²) in [6, 6.07) is 4.60. The Kier molecular flexibility index (Phi) is 9.69. The minimum Gasteiger partial charge on any atom is -0.493 e. The van der Waals surface area contributed by atoms with Crippen LogP contribution in [-0.2, 0) is 11.3 Å². The van der Waals surface area contributed by atoms with Crippen LogP contribution in [0.2, 0.25) is 0 Å². The van der Waals surface area contributed by atoms with E-state index in [1.54, 1.807) is 42.5 Å². The fraction of sp³-hybridized carbons (Fsp3) is 0.500. The molecule has 0 unspecified atom stereocenters. The highest BCUT2D eigenvalue weighted by Crippen LogP contribution is 2.32. The van der Waals surface area contributed by atoms with Crippen LogP contribution in [-0.4, -0.2) is 94.3 Å². The molecule has 2 rings (SSSR count). The number of para-hydroxylation sites is 1. The maximum atomic E-state index is 12.9. The second kappa shape index (κ2) is 12.2. The van der Waals surface area contributed by atoms with Gasteiger partial charge >= 0.3 is 5.97 Å². The van der Waals surface area contributed by atoms with Crippen LogP contribution < -0.4 is 14.8 Å². The maximum absolute atomic E-state index is 12.9. The fourth-order valence-corrected chi connectivity index (χ4v) is 2.87. The van der Waals surface area contributed by atoms with Crippen molar-refractivity contribution in [1.29, 1.82) is 0 Å². The number of imidazole rings is 1. The van der Waals surface area contributed by atoms with Crippen LogP contribution in [0.4, 0.5) is 0 Å². The number of hydrogen-bond donors (Lipinski definition) is 5. The number of hydrogen-bond acceptors (Lipinski definition) is 10. The molecule has 0 radical (unpaired) electrons. The Bertz CT molecular complexity index is 802. The molecule has 0 spiro atoms. The number of carbonyl (C=O) groups is 1. The molecule has 0 aliphatic carbocycles. The largest absolute Gasteiger partial charge is 0.493 e. The molecule has 5 N–H and O–H groups in total.